The summed E-state index contributed by atoms with van der Waals surface area (Å²) in [6.07, 6.45) is 2.99. The number of hydrogen-bond acceptors (Lipinski definition) is 7. The van der Waals surface area contributed by atoms with Crippen LogP contribution in [0.2, 0.25) is 0 Å². The highest BCUT2D eigenvalue weighted by Gasteiger charge is 2.43. The van der Waals surface area contributed by atoms with E-state index in [1.165, 1.54) is 11.8 Å². The first-order valence-corrected chi connectivity index (χ1v) is 13.0. The number of carbonyl (C=O) groups excluding carboxylic acids is 5. The largest absolute Gasteiger partial charge is 0.391 e. The van der Waals surface area contributed by atoms with Crippen molar-refractivity contribution in [3.63, 3.8) is 0 Å². The zero-order valence-electron chi connectivity index (χ0n) is 21.4. The van der Waals surface area contributed by atoms with Gasteiger partial charge in [-0.15, -0.1) is 0 Å². The van der Waals surface area contributed by atoms with Crippen LogP contribution in [0.15, 0.2) is 0 Å². The van der Waals surface area contributed by atoms with Gasteiger partial charge in [0.1, 0.15) is 30.2 Å². The SMILES string of the molecule is CC[C@H](C)[C@H](NC(=O)[C@@H](N)[C@@H](C)O)C(=O)N1CCC[C@H]1C(=O)NCC1NC(=O)C2CCCCN2C1=O. The first-order chi connectivity index (χ1) is 17.1. The molecule has 3 aliphatic heterocycles. The minimum Gasteiger partial charge on any atom is -0.391 e. The highest BCUT2D eigenvalue weighted by Crippen LogP contribution is 2.23. The Morgan fingerprint density at radius 1 is 1.14 bits per heavy atom. The Hall–Kier alpha value is -2.73. The quantitative estimate of drug-likeness (QED) is 0.244. The third-order valence-electron chi connectivity index (χ3n) is 7.62. The monoisotopic (exact) mass is 508 g/mol. The maximum atomic E-state index is 13.5. The summed E-state index contributed by atoms with van der Waals surface area (Å²) in [4.78, 5) is 67.3. The summed E-state index contributed by atoms with van der Waals surface area (Å²) < 4.78 is 0. The van der Waals surface area contributed by atoms with Crippen molar-refractivity contribution in [3.8, 4) is 0 Å². The molecule has 3 heterocycles. The van der Waals surface area contributed by atoms with E-state index in [9.17, 15) is 29.1 Å². The lowest BCUT2D eigenvalue weighted by atomic mass is 9.96. The number of nitrogens with one attached hydrogen (secondary N) is 3. The van der Waals surface area contributed by atoms with Crippen LogP contribution in [0, 0.1) is 5.92 Å². The molecule has 36 heavy (non-hydrogen) atoms. The smallest absolute Gasteiger partial charge is 0.247 e. The van der Waals surface area contributed by atoms with Crippen molar-refractivity contribution in [2.45, 2.75) is 95.6 Å². The van der Waals surface area contributed by atoms with Gasteiger partial charge in [0, 0.05) is 19.6 Å². The lowest BCUT2D eigenvalue weighted by Gasteiger charge is -2.41. The zero-order valence-corrected chi connectivity index (χ0v) is 21.4. The van der Waals surface area contributed by atoms with E-state index in [2.05, 4.69) is 16.0 Å². The molecule has 0 saturated carbocycles. The van der Waals surface area contributed by atoms with Gasteiger partial charge in [0.15, 0.2) is 0 Å². The van der Waals surface area contributed by atoms with Gasteiger partial charge in [0.25, 0.3) is 0 Å². The Morgan fingerprint density at radius 3 is 2.53 bits per heavy atom. The van der Waals surface area contributed by atoms with Crippen LogP contribution in [0.3, 0.4) is 0 Å². The number of fused-ring (bicyclic) bond motifs is 1. The fraction of sp³-hybridized carbons (Fsp3) is 0.792. The minimum atomic E-state index is -1.18. The molecule has 2 unspecified atom stereocenters. The Balaban J connectivity index is 1.63. The van der Waals surface area contributed by atoms with Crippen molar-refractivity contribution in [2.24, 2.45) is 11.7 Å². The van der Waals surface area contributed by atoms with Crippen molar-refractivity contribution in [1.29, 1.82) is 0 Å². The Kier molecular flexibility index (Phi) is 9.29. The highest BCUT2D eigenvalue weighted by atomic mass is 16.3. The molecule has 3 fully saturated rings. The Morgan fingerprint density at radius 2 is 1.86 bits per heavy atom. The van der Waals surface area contributed by atoms with Gasteiger partial charge in [-0.2, -0.15) is 0 Å². The molecule has 6 N–H and O–H groups in total. The summed E-state index contributed by atoms with van der Waals surface area (Å²) in [5, 5.41) is 17.8. The van der Waals surface area contributed by atoms with Gasteiger partial charge in [0.2, 0.25) is 29.5 Å². The van der Waals surface area contributed by atoms with Crippen LogP contribution >= 0.6 is 0 Å². The van der Waals surface area contributed by atoms with E-state index in [0.717, 1.165) is 12.8 Å². The van der Waals surface area contributed by atoms with Gasteiger partial charge in [-0.3, -0.25) is 24.0 Å². The minimum absolute atomic E-state index is 0.0556. The average molecular weight is 509 g/mol. The number of nitrogens with two attached hydrogens (primary N) is 1. The number of piperazine rings is 1. The second-order valence-corrected chi connectivity index (χ2v) is 10.2. The number of carbonyl (C=O) groups is 5. The van der Waals surface area contributed by atoms with Crippen LogP contribution in [0.5, 0.6) is 0 Å². The van der Waals surface area contributed by atoms with Crippen molar-refractivity contribution in [3.05, 3.63) is 0 Å². The predicted molar refractivity (Wildman–Crippen MR) is 130 cm³/mol. The Labute approximate surface area is 211 Å². The molecule has 0 aromatic rings. The fourth-order valence-corrected chi connectivity index (χ4v) is 5.09. The van der Waals surface area contributed by atoms with Crippen molar-refractivity contribution in [2.75, 3.05) is 19.6 Å². The molecule has 3 saturated heterocycles. The van der Waals surface area contributed by atoms with E-state index < -0.39 is 48.1 Å². The molecule has 12 heteroatoms. The lowest BCUT2D eigenvalue weighted by molar-refractivity contribution is -0.151. The molecule has 12 nitrogen and oxygen atoms in total. The number of rotatable bonds is 9. The average Bonchev–Trinajstić information content (AvgIpc) is 3.37. The lowest BCUT2D eigenvalue weighted by Crippen LogP contribution is -2.67. The third kappa shape index (κ3) is 5.97. The fourth-order valence-electron chi connectivity index (χ4n) is 5.09. The van der Waals surface area contributed by atoms with Gasteiger partial charge in [-0.05, 0) is 44.9 Å². The first kappa shape index (κ1) is 27.9. The molecule has 0 bridgehead atoms. The second-order valence-electron chi connectivity index (χ2n) is 10.2. The van der Waals surface area contributed by atoms with Gasteiger partial charge < -0.3 is 36.6 Å². The van der Waals surface area contributed by atoms with Gasteiger partial charge >= 0.3 is 0 Å². The van der Waals surface area contributed by atoms with Crippen molar-refractivity contribution in [1.82, 2.24) is 25.8 Å². The standard InChI is InChI=1S/C24H40N6O6/c1-4-13(2)19(28-22(34)18(25)14(3)31)24(36)30-11-7-9-16(30)20(32)26-12-15-23(35)29-10-6-5-8-17(29)21(33)27-15/h13-19,31H,4-12,25H2,1-3H3,(H,26,32)(H,27,33)(H,28,34)/t13-,14+,15?,16-,17?,18-,19-/m0/s1. The van der Waals surface area contributed by atoms with Crippen LogP contribution in [-0.4, -0.2) is 100 Å². The zero-order chi connectivity index (χ0) is 26.6. The number of likely N-dealkylation sites (tertiary alicyclic amines) is 1. The van der Waals surface area contributed by atoms with E-state index >= 15 is 0 Å². The normalized spacial score (nSPS) is 27.4. The summed E-state index contributed by atoms with van der Waals surface area (Å²) in [5.74, 6) is -2.04. The van der Waals surface area contributed by atoms with E-state index in [-0.39, 0.29) is 30.2 Å². The van der Waals surface area contributed by atoms with E-state index in [4.69, 9.17) is 5.73 Å². The molecule has 3 rings (SSSR count). The van der Waals surface area contributed by atoms with Crippen molar-refractivity contribution < 1.29 is 29.1 Å². The molecule has 7 atom stereocenters. The number of piperidine rings is 1. The van der Waals surface area contributed by atoms with Crippen LogP contribution < -0.4 is 21.7 Å². The molecule has 0 aliphatic carbocycles. The molecule has 3 aliphatic rings. The van der Waals surface area contributed by atoms with E-state index in [1.54, 1.807) is 4.90 Å². The summed E-state index contributed by atoms with van der Waals surface area (Å²) >= 11 is 0. The highest BCUT2D eigenvalue weighted by molar-refractivity contribution is 5.98. The topological polar surface area (TPSA) is 174 Å². The molecule has 0 spiro atoms. The van der Waals surface area contributed by atoms with Crippen LogP contribution in [0.25, 0.3) is 0 Å². The van der Waals surface area contributed by atoms with Crippen molar-refractivity contribution >= 4 is 29.5 Å². The Bertz CT molecular complexity index is 866. The molecule has 0 aromatic carbocycles. The molecule has 202 valence electrons. The van der Waals surface area contributed by atoms with Gasteiger partial charge in [0.05, 0.1) is 6.10 Å². The summed E-state index contributed by atoms with van der Waals surface area (Å²) in [6.45, 7) is 5.95. The van der Waals surface area contributed by atoms with Crippen LogP contribution in [0.4, 0.5) is 0 Å². The number of nitrogens with zero attached hydrogens (tertiary/aromatic N) is 2. The number of aliphatic hydroxyl groups excluding tert-OH is 1. The predicted octanol–water partition coefficient (Wildman–Crippen LogP) is -1.79. The third-order valence-corrected chi connectivity index (χ3v) is 7.62. The second kappa shape index (κ2) is 12.0. The molecular formula is C24H40N6O6. The number of aliphatic hydroxyl groups is 1. The summed E-state index contributed by atoms with van der Waals surface area (Å²) in [7, 11) is 0. The van der Waals surface area contributed by atoms with Gasteiger partial charge in [-0.1, -0.05) is 20.3 Å². The molecule has 5 amide bonds. The summed E-state index contributed by atoms with van der Waals surface area (Å²) in [5.41, 5.74) is 5.74. The van der Waals surface area contributed by atoms with Crippen LogP contribution in [0.1, 0.15) is 59.3 Å². The molecule has 0 radical (unpaired) electrons. The van der Waals surface area contributed by atoms with E-state index in [1.807, 2.05) is 13.8 Å². The molecular weight excluding hydrogens is 468 g/mol. The number of amides is 5. The number of hydrogen-bond donors (Lipinski definition) is 5. The maximum Gasteiger partial charge on any atom is 0.247 e. The van der Waals surface area contributed by atoms with Gasteiger partial charge in [-0.25, -0.2) is 0 Å². The first-order valence-electron chi connectivity index (χ1n) is 13.0. The van der Waals surface area contributed by atoms with E-state index in [0.29, 0.717) is 38.8 Å². The van der Waals surface area contributed by atoms with Crippen LogP contribution in [-0.2, 0) is 24.0 Å². The maximum absolute atomic E-state index is 13.5. The molecule has 0 aromatic heterocycles. The summed E-state index contributed by atoms with van der Waals surface area (Å²) in [6, 6.07) is -4.09.